The molecule has 0 bridgehead atoms. The van der Waals surface area contributed by atoms with Crippen molar-refractivity contribution in [2.45, 2.75) is 19.0 Å². The summed E-state index contributed by atoms with van der Waals surface area (Å²) in [6, 6.07) is 23.1. The zero-order valence-electron chi connectivity index (χ0n) is 19.0. The molecule has 8 heteroatoms. The number of nitrogens with one attached hydrogen (secondary N) is 1. The average Bonchev–Trinajstić information content (AvgIpc) is 3.63. The minimum atomic E-state index is -0.255. The van der Waals surface area contributed by atoms with Gasteiger partial charge in [0.2, 0.25) is 6.79 Å². The van der Waals surface area contributed by atoms with Gasteiger partial charge in [0.1, 0.15) is 23.3 Å². The van der Waals surface area contributed by atoms with Crippen molar-refractivity contribution in [2.24, 2.45) is 0 Å². The summed E-state index contributed by atoms with van der Waals surface area (Å²) >= 11 is 5.80. The topological polar surface area (TPSA) is 69.0 Å². The number of benzene rings is 2. The quantitative estimate of drug-likeness (QED) is 0.352. The fourth-order valence-corrected chi connectivity index (χ4v) is 4.85. The van der Waals surface area contributed by atoms with E-state index in [-0.39, 0.29) is 18.9 Å². The van der Waals surface area contributed by atoms with Gasteiger partial charge in [-0.25, -0.2) is 0 Å². The van der Waals surface area contributed by atoms with Crippen molar-refractivity contribution in [3.05, 3.63) is 90.4 Å². The van der Waals surface area contributed by atoms with Gasteiger partial charge in [-0.2, -0.15) is 0 Å². The van der Waals surface area contributed by atoms with Crippen LogP contribution in [0.1, 0.15) is 30.5 Å². The predicted octanol–water partition coefficient (Wildman–Crippen LogP) is 5.65. The first-order valence-electron chi connectivity index (χ1n) is 11.4. The first kappa shape index (κ1) is 21.5. The first-order chi connectivity index (χ1) is 17.2. The van der Waals surface area contributed by atoms with E-state index in [4.69, 9.17) is 30.8 Å². The highest BCUT2D eigenvalue weighted by Gasteiger charge is 2.43. The molecule has 0 unspecified atom stereocenters. The fourth-order valence-electron chi connectivity index (χ4n) is 4.51. The number of fused-ring (bicyclic) bond motifs is 1. The Bertz CT molecular complexity index is 1360. The molecular weight excluding hydrogens is 462 g/mol. The highest BCUT2D eigenvalue weighted by atomic mass is 32.1. The van der Waals surface area contributed by atoms with Crippen molar-refractivity contribution in [3.63, 3.8) is 0 Å². The number of rotatable bonds is 6. The number of furan rings is 1. The molecule has 35 heavy (non-hydrogen) atoms. The summed E-state index contributed by atoms with van der Waals surface area (Å²) in [6.45, 7) is 2.81. The van der Waals surface area contributed by atoms with Gasteiger partial charge < -0.3 is 28.8 Å². The summed E-state index contributed by atoms with van der Waals surface area (Å²) in [5, 5.41) is 4.04. The van der Waals surface area contributed by atoms with E-state index in [9.17, 15) is 0 Å². The summed E-state index contributed by atoms with van der Waals surface area (Å²) in [7, 11) is 0. The summed E-state index contributed by atoms with van der Waals surface area (Å²) < 4.78 is 23.1. The Morgan fingerprint density at radius 1 is 1.03 bits per heavy atom. The van der Waals surface area contributed by atoms with Gasteiger partial charge in [0.05, 0.1) is 18.3 Å². The molecule has 2 atom stereocenters. The Morgan fingerprint density at radius 3 is 2.69 bits per heavy atom. The number of ether oxygens (including phenoxy) is 3. The molecule has 2 aromatic heterocycles. The van der Waals surface area contributed by atoms with Gasteiger partial charge in [-0.15, -0.1) is 0 Å². The van der Waals surface area contributed by atoms with E-state index in [1.54, 1.807) is 6.20 Å². The summed E-state index contributed by atoms with van der Waals surface area (Å²) in [5.74, 6) is 3.79. The summed E-state index contributed by atoms with van der Waals surface area (Å²) in [5.41, 5.74) is 2.73. The third-order valence-corrected chi connectivity index (χ3v) is 6.42. The van der Waals surface area contributed by atoms with Crippen molar-refractivity contribution in [2.75, 3.05) is 18.3 Å². The molecule has 1 saturated heterocycles. The van der Waals surface area contributed by atoms with E-state index >= 15 is 0 Å². The Morgan fingerprint density at radius 2 is 1.89 bits per heavy atom. The molecule has 2 aliphatic heterocycles. The zero-order valence-corrected chi connectivity index (χ0v) is 19.8. The Hall–Kier alpha value is -4.04. The van der Waals surface area contributed by atoms with Crippen molar-refractivity contribution in [1.29, 1.82) is 0 Å². The highest BCUT2D eigenvalue weighted by Crippen LogP contribution is 2.45. The van der Waals surface area contributed by atoms with Gasteiger partial charge in [0, 0.05) is 23.5 Å². The maximum absolute atomic E-state index is 6.43. The standard InChI is InChI=1S/C27H23N3O4S/c1-2-31-19-9-6-17(7-10-19)21-12-13-23(34-21)26-25(20-5-3-4-14-28-20)29-27(35)30(26)18-8-11-22-24(15-18)33-16-32-22/h3-15,25-26H,2,16H2,1H3,(H,29,35)/t25-,26-/m0/s1. The van der Waals surface area contributed by atoms with E-state index in [0.29, 0.717) is 17.5 Å². The number of anilines is 1. The van der Waals surface area contributed by atoms with Crippen LogP contribution in [0.4, 0.5) is 5.69 Å². The van der Waals surface area contributed by atoms with Crippen LogP contribution in [-0.4, -0.2) is 23.5 Å². The van der Waals surface area contributed by atoms with E-state index in [2.05, 4.69) is 15.2 Å². The average molecular weight is 486 g/mol. The van der Waals surface area contributed by atoms with E-state index in [1.165, 1.54) is 0 Å². The minimum Gasteiger partial charge on any atom is -0.494 e. The molecule has 4 heterocycles. The van der Waals surface area contributed by atoms with Crippen molar-refractivity contribution in [3.8, 4) is 28.6 Å². The molecule has 0 radical (unpaired) electrons. The van der Waals surface area contributed by atoms with Crippen LogP contribution in [0.2, 0.25) is 0 Å². The van der Waals surface area contributed by atoms with Crippen molar-refractivity contribution >= 4 is 23.0 Å². The fraction of sp³-hybridized carbons (Fsp3) is 0.185. The Kier molecular flexibility index (Phi) is 5.50. The van der Waals surface area contributed by atoms with Crippen LogP contribution in [0.25, 0.3) is 11.3 Å². The van der Waals surface area contributed by atoms with Crippen LogP contribution in [0.15, 0.2) is 83.4 Å². The molecule has 0 spiro atoms. The molecule has 0 saturated carbocycles. The van der Waals surface area contributed by atoms with Gasteiger partial charge in [0.25, 0.3) is 0 Å². The number of hydrogen-bond acceptors (Lipinski definition) is 6. The third-order valence-electron chi connectivity index (χ3n) is 6.10. The molecule has 1 N–H and O–H groups in total. The summed E-state index contributed by atoms with van der Waals surface area (Å²) in [4.78, 5) is 6.65. The van der Waals surface area contributed by atoms with Gasteiger partial charge in [-0.05, 0) is 79.8 Å². The summed E-state index contributed by atoms with van der Waals surface area (Å²) in [6.07, 6.45) is 1.79. The number of aromatic nitrogens is 1. The van der Waals surface area contributed by atoms with Gasteiger partial charge in [0.15, 0.2) is 16.6 Å². The third kappa shape index (κ3) is 3.95. The molecule has 2 aromatic carbocycles. The van der Waals surface area contributed by atoms with Crippen molar-refractivity contribution < 1.29 is 18.6 Å². The lowest BCUT2D eigenvalue weighted by molar-refractivity contribution is 0.174. The Labute approximate surface area is 208 Å². The molecule has 0 amide bonds. The smallest absolute Gasteiger partial charge is 0.231 e. The maximum Gasteiger partial charge on any atom is 0.231 e. The second-order valence-corrected chi connectivity index (χ2v) is 8.58. The lowest BCUT2D eigenvalue weighted by atomic mass is 10.0. The SMILES string of the molecule is CCOc1ccc(-c2ccc([C@H]3[C@H](c4ccccn4)NC(=S)N3c3ccc4c(c3)OCO4)o2)cc1. The second-order valence-electron chi connectivity index (χ2n) is 8.19. The normalized spacial score (nSPS) is 18.5. The van der Waals surface area contributed by atoms with Crippen molar-refractivity contribution in [1.82, 2.24) is 10.3 Å². The second kappa shape index (κ2) is 8.96. The van der Waals surface area contributed by atoms with Crippen LogP contribution >= 0.6 is 12.2 Å². The molecule has 2 aliphatic rings. The number of nitrogens with zero attached hydrogens (tertiary/aromatic N) is 2. The number of pyridine rings is 1. The highest BCUT2D eigenvalue weighted by molar-refractivity contribution is 7.80. The minimum absolute atomic E-state index is 0.201. The van der Waals surface area contributed by atoms with E-state index in [0.717, 1.165) is 40.0 Å². The maximum atomic E-state index is 6.43. The van der Waals surface area contributed by atoms with Gasteiger partial charge in [-0.1, -0.05) is 6.07 Å². The van der Waals surface area contributed by atoms with Crippen LogP contribution in [0, 0.1) is 0 Å². The molecular formula is C27H23N3O4S. The molecule has 176 valence electrons. The molecule has 4 aromatic rings. The number of thiocarbonyl (C=S) groups is 1. The lowest BCUT2D eigenvalue weighted by Crippen LogP contribution is -2.29. The van der Waals surface area contributed by atoms with Crippen LogP contribution in [-0.2, 0) is 0 Å². The van der Waals surface area contributed by atoms with Crippen LogP contribution in [0.3, 0.4) is 0 Å². The van der Waals surface area contributed by atoms with Crippen LogP contribution in [0.5, 0.6) is 17.2 Å². The van der Waals surface area contributed by atoms with Gasteiger partial charge in [-0.3, -0.25) is 4.98 Å². The molecule has 7 nitrogen and oxygen atoms in total. The molecule has 0 aliphatic carbocycles. The monoisotopic (exact) mass is 485 g/mol. The number of hydrogen-bond donors (Lipinski definition) is 1. The molecule has 6 rings (SSSR count). The van der Waals surface area contributed by atoms with E-state index < -0.39 is 0 Å². The largest absolute Gasteiger partial charge is 0.494 e. The predicted molar refractivity (Wildman–Crippen MR) is 136 cm³/mol. The lowest BCUT2D eigenvalue weighted by Gasteiger charge is -2.26. The van der Waals surface area contributed by atoms with Gasteiger partial charge >= 0.3 is 0 Å². The Balaban J connectivity index is 1.40. The van der Waals surface area contributed by atoms with Crippen LogP contribution < -0.4 is 24.4 Å². The van der Waals surface area contributed by atoms with E-state index in [1.807, 2.05) is 79.7 Å². The molecule has 1 fully saturated rings. The first-order valence-corrected chi connectivity index (χ1v) is 11.9. The zero-order chi connectivity index (χ0) is 23.8.